The van der Waals surface area contributed by atoms with Gasteiger partial charge in [-0.3, -0.25) is 0 Å². The van der Waals surface area contributed by atoms with Crippen molar-refractivity contribution in [3.63, 3.8) is 0 Å². The summed E-state index contributed by atoms with van der Waals surface area (Å²) in [6.45, 7) is 6.05. The van der Waals surface area contributed by atoms with E-state index in [-0.39, 0.29) is 5.63 Å². The lowest BCUT2D eigenvalue weighted by Gasteiger charge is -2.34. The van der Waals surface area contributed by atoms with Crippen LogP contribution in [0.4, 0.5) is 5.69 Å². The normalized spacial score (nSPS) is 16.9. The van der Waals surface area contributed by atoms with Gasteiger partial charge in [0.1, 0.15) is 10.1 Å². The minimum Gasteiger partial charge on any atom is -0.422 e. The van der Waals surface area contributed by atoms with Gasteiger partial charge in [-0.2, -0.15) is 0 Å². The first-order chi connectivity index (χ1) is 9.56. The van der Waals surface area contributed by atoms with Crippen LogP contribution in [0.25, 0.3) is 11.0 Å². The van der Waals surface area contributed by atoms with Crippen LogP contribution < -0.4 is 10.5 Å². The molecule has 1 saturated heterocycles. The van der Waals surface area contributed by atoms with Crippen LogP contribution in [0, 0.1) is 6.92 Å². The van der Waals surface area contributed by atoms with Gasteiger partial charge in [-0.05, 0) is 47.6 Å². The van der Waals surface area contributed by atoms with E-state index in [2.05, 4.69) is 38.8 Å². The van der Waals surface area contributed by atoms with Gasteiger partial charge < -0.3 is 14.2 Å². The maximum absolute atomic E-state index is 11.8. The third kappa shape index (κ3) is 2.36. The Hall–Kier alpha value is -1.33. The maximum Gasteiger partial charge on any atom is 0.350 e. The lowest BCUT2D eigenvalue weighted by atomic mass is 10.1. The highest BCUT2D eigenvalue weighted by molar-refractivity contribution is 9.10. The molecular weight excluding hydrogens is 320 g/mol. The first-order valence-electron chi connectivity index (χ1n) is 6.73. The second-order valence-corrected chi connectivity index (χ2v) is 6.09. The highest BCUT2D eigenvalue weighted by atomic mass is 79.9. The predicted octanol–water partition coefficient (Wildman–Crippen LogP) is 2.62. The molecule has 2 aromatic rings. The van der Waals surface area contributed by atoms with Gasteiger partial charge in [0.25, 0.3) is 0 Å². The van der Waals surface area contributed by atoms with E-state index in [1.54, 1.807) is 0 Å². The Morgan fingerprint density at radius 2 is 1.90 bits per heavy atom. The first kappa shape index (κ1) is 13.6. The smallest absolute Gasteiger partial charge is 0.350 e. The van der Waals surface area contributed by atoms with Crippen molar-refractivity contribution in [3.8, 4) is 0 Å². The number of halogens is 1. The Kier molecular flexibility index (Phi) is 3.56. The van der Waals surface area contributed by atoms with Crippen LogP contribution in [0.15, 0.2) is 31.9 Å². The number of piperazine rings is 1. The summed E-state index contributed by atoms with van der Waals surface area (Å²) >= 11 is 3.28. The third-order valence-corrected chi connectivity index (χ3v) is 4.87. The van der Waals surface area contributed by atoms with Crippen molar-refractivity contribution in [2.75, 3.05) is 38.1 Å². The molecular formula is C15H17BrN2O2. The molecule has 0 saturated carbocycles. The fourth-order valence-corrected chi connectivity index (χ4v) is 2.88. The Morgan fingerprint density at radius 3 is 2.60 bits per heavy atom. The quantitative estimate of drug-likeness (QED) is 0.750. The minimum atomic E-state index is -0.314. The molecule has 4 nitrogen and oxygen atoms in total. The molecule has 0 spiro atoms. The summed E-state index contributed by atoms with van der Waals surface area (Å²) in [7, 11) is 2.14. The number of rotatable bonds is 1. The third-order valence-electron chi connectivity index (χ3n) is 3.95. The highest BCUT2D eigenvalue weighted by Gasteiger charge is 2.16. The van der Waals surface area contributed by atoms with E-state index in [4.69, 9.17) is 4.42 Å². The first-order valence-corrected chi connectivity index (χ1v) is 7.52. The van der Waals surface area contributed by atoms with Gasteiger partial charge in [-0.1, -0.05) is 0 Å². The van der Waals surface area contributed by atoms with Crippen LogP contribution >= 0.6 is 15.9 Å². The van der Waals surface area contributed by atoms with Crippen molar-refractivity contribution in [1.82, 2.24) is 4.90 Å². The van der Waals surface area contributed by atoms with Crippen LogP contribution in [0.2, 0.25) is 0 Å². The molecule has 3 rings (SSSR count). The SMILES string of the molecule is Cc1c(Br)c(=O)oc2cc(N3CCN(C)CC3)ccc12. The highest BCUT2D eigenvalue weighted by Crippen LogP contribution is 2.27. The van der Waals surface area contributed by atoms with Gasteiger partial charge in [0.2, 0.25) is 0 Å². The van der Waals surface area contributed by atoms with Crippen LogP contribution in [0.5, 0.6) is 0 Å². The van der Waals surface area contributed by atoms with Gasteiger partial charge in [-0.15, -0.1) is 0 Å². The maximum atomic E-state index is 11.8. The van der Waals surface area contributed by atoms with Crippen molar-refractivity contribution >= 4 is 32.6 Å². The van der Waals surface area contributed by atoms with Crippen molar-refractivity contribution in [3.05, 3.63) is 38.7 Å². The fraction of sp³-hybridized carbons (Fsp3) is 0.400. The molecule has 20 heavy (non-hydrogen) atoms. The molecule has 0 amide bonds. The number of aryl methyl sites for hydroxylation is 1. The van der Waals surface area contributed by atoms with Gasteiger partial charge in [0.15, 0.2) is 0 Å². The molecule has 106 valence electrons. The summed E-state index contributed by atoms with van der Waals surface area (Å²) in [5.74, 6) is 0. The standard InChI is InChI=1S/C15H17BrN2O2/c1-10-12-4-3-11(18-7-5-17(2)6-8-18)9-13(12)20-15(19)14(10)16/h3-4,9H,5-8H2,1-2H3. The summed E-state index contributed by atoms with van der Waals surface area (Å²) in [6.07, 6.45) is 0. The number of benzene rings is 1. The molecule has 1 aliphatic heterocycles. The topological polar surface area (TPSA) is 36.7 Å². The number of hydrogen-bond acceptors (Lipinski definition) is 4. The minimum absolute atomic E-state index is 0.314. The van der Waals surface area contributed by atoms with Crippen molar-refractivity contribution in [2.45, 2.75) is 6.92 Å². The number of likely N-dealkylation sites (N-methyl/N-ethyl adjacent to an activating group) is 1. The number of hydrogen-bond donors (Lipinski definition) is 0. The van der Waals surface area contributed by atoms with Crippen LogP contribution in [-0.2, 0) is 0 Å². The second-order valence-electron chi connectivity index (χ2n) is 5.30. The summed E-state index contributed by atoms with van der Waals surface area (Å²) in [5, 5.41) is 0.981. The molecule has 2 heterocycles. The summed E-state index contributed by atoms with van der Waals surface area (Å²) < 4.78 is 5.90. The average molecular weight is 337 g/mol. The van der Waals surface area contributed by atoms with Crippen molar-refractivity contribution in [1.29, 1.82) is 0 Å². The number of nitrogens with zero attached hydrogens (tertiary/aromatic N) is 2. The predicted molar refractivity (Wildman–Crippen MR) is 84.6 cm³/mol. The molecule has 1 aromatic heterocycles. The van der Waals surface area contributed by atoms with Crippen LogP contribution in [-0.4, -0.2) is 38.1 Å². The van der Waals surface area contributed by atoms with E-state index in [1.807, 2.05) is 19.1 Å². The fourth-order valence-electron chi connectivity index (χ4n) is 2.58. The lowest BCUT2D eigenvalue weighted by molar-refractivity contribution is 0.313. The van der Waals surface area contributed by atoms with Gasteiger partial charge in [0.05, 0.1) is 0 Å². The number of fused-ring (bicyclic) bond motifs is 1. The van der Waals surface area contributed by atoms with Crippen molar-refractivity contribution in [2.24, 2.45) is 0 Å². The Bertz CT molecular complexity index is 703. The lowest BCUT2D eigenvalue weighted by Crippen LogP contribution is -2.44. The van der Waals surface area contributed by atoms with Crippen LogP contribution in [0.1, 0.15) is 5.56 Å². The zero-order valence-electron chi connectivity index (χ0n) is 11.6. The molecule has 1 aliphatic rings. The van der Waals surface area contributed by atoms with E-state index in [1.165, 1.54) is 0 Å². The van der Waals surface area contributed by atoms with Gasteiger partial charge in [-0.25, -0.2) is 4.79 Å². The molecule has 0 aliphatic carbocycles. The molecule has 5 heteroatoms. The zero-order valence-corrected chi connectivity index (χ0v) is 13.2. The average Bonchev–Trinajstić information content (AvgIpc) is 2.45. The van der Waals surface area contributed by atoms with Crippen LogP contribution in [0.3, 0.4) is 0 Å². The molecule has 1 aromatic carbocycles. The zero-order chi connectivity index (χ0) is 14.3. The Balaban J connectivity index is 2.03. The molecule has 0 bridgehead atoms. The van der Waals surface area contributed by atoms with E-state index in [9.17, 15) is 4.79 Å². The van der Waals surface area contributed by atoms with E-state index < -0.39 is 0 Å². The van der Waals surface area contributed by atoms with E-state index in [0.717, 1.165) is 42.8 Å². The van der Waals surface area contributed by atoms with E-state index >= 15 is 0 Å². The van der Waals surface area contributed by atoms with Gasteiger partial charge in [0, 0.05) is 43.3 Å². The largest absolute Gasteiger partial charge is 0.422 e. The van der Waals surface area contributed by atoms with Crippen molar-refractivity contribution < 1.29 is 4.42 Å². The molecule has 0 radical (unpaired) electrons. The number of anilines is 1. The Labute approximate surface area is 126 Å². The van der Waals surface area contributed by atoms with E-state index in [0.29, 0.717) is 10.1 Å². The Morgan fingerprint density at radius 1 is 1.20 bits per heavy atom. The second kappa shape index (κ2) is 5.22. The molecule has 0 N–H and O–H groups in total. The molecule has 0 unspecified atom stereocenters. The summed E-state index contributed by atoms with van der Waals surface area (Å²) in [6, 6.07) is 6.11. The summed E-state index contributed by atoms with van der Waals surface area (Å²) in [4.78, 5) is 16.4. The monoisotopic (exact) mass is 336 g/mol. The summed E-state index contributed by atoms with van der Waals surface area (Å²) in [5.41, 5.74) is 2.40. The van der Waals surface area contributed by atoms with Gasteiger partial charge >= 0.3 is 5.63 Å². The molecule has 0 atom stereocenters. The molecule has 1 fully saturated rings.